The average molecular weight is 375 g/mol. The molecule has 2 aromatic rings. The second-order valence-electron chi connectivity index (χ2n) is 6.45. The number of nitriles is 1. The Morgan fingerprint density at radius 1 is 1.24 bits per heavy atom. The van der Waals surface area contributed by atoms with Crippen LogP contribution in [-0.2, 0) is 6.54 Å². The number of hydrogen-bond acceptors (Lipinski definition) is 3. The van der Waals surface area contributed by atoms with Crippen LogP contribution in [0.5, 0.6) is 0 Å². The largest absolute Gasteiger partial charge is 0.299 e. The van der Waals surface area contributed by atoms with Crippen molar-refractivity contribution in [1.29, 1.82) is 5.26 Å². The van der Waals surface area contributed by atoms with Crippen LogP contribution in [0.3, 0.4) is 0 Å². The molecule has 3 rings (SSSR count). The first-order valence-electron chi connectivity index (χ1n) is 8.38. The van der Waals surface area contributed by atoms with Crippen molar-refractivity contribution < 1.29 is 4.39 Å². The molecule has 1 saturated heterocycles. The van der Waals surface area contributed by atoms with E-state index in [4.69, 9.17) is 11.6 Å². The molecule has 0 amide bonds. The highest BCUT2D eigenvalue weighted by Gasteiger charge is 2.19. The van der Waals surface area contributed by atoms with Crippen molar-refractivity contribution in [2.24, 2.45) is 0 Å². The van der Waals surface area contributed by atoms with Gasteiger partial charge in [0, 0.05) is 34.4 Å². The van der Waals surface area contributed by atoms with E-state index >= 15 is 0 Å². The van der Waals surface area contributed by atoms with Gasteiger partial charge >= 0.3 is 0 Å². The Balaban J connectivity index is 1.84. The van der Waals surface area contributed by atoms with E-state index in [1.54, 1.807) is 11.8 Å². The fourth-order valence-electron chi connectivity index (χ4n) is 3.06. The van der Waals surface area contributed by atoms with Gasteiger partial charge in [-0.15, -0.1) is 0 Å². The molecule has 0 unspecified atom stereocenters. The Bertz CT molecular complexity index is 775. The normalized spacial score (nSPS) is 15.9. The van der Waals surface area contributed by atoms with Gasteiger partial charge in [0.1, 0.15) is 6.17 Å². The Kier molecular flexibility index (Phi) is 6.01. The average Bonchev–Trinajstić information content (AvgIpc) is 2.57. The van der Waals surface area contributed by atoms with Crippen molar-refractivity contribution in [2.75, 3.05) is 13.1 Å². The summed E-state index contributed by atoms with van der Waals surface area (Å²) >= 11 is 7.83. The zero-order chi connectivity index (χ0) is 17.8. The molecule has 130 valence electrons. The third-order valence-electron chi connectivity index (χ3n) is 4.34. The van der Waals surface area contributed by atoms with E-state index in [0.29, 0.717) is 18.4 Å². The van der Waals surface area contributed by atoms with Crippen molar-refractivity contribution >= 4 is 23.4 Å². The van der Waals surface area contributed by atoms with Gasteiger partial charge in [0.25, 0.3) is 0 Å². The molecule has 0 bridgehead atoms. The molecule has 0 atom stereocenters. The van der Waals surface area contributed by atoms with Crippen LogP contribution < -0.4 is 0 Å². The lowest BCUT2D eigenvalue weighted by molar-refractivity contribution is 0.144. The van der Waals surface area contributed by atoms with Crippen LogP contribution in [0.4, 0.5) is 4.39 Å². The van der Waals surface area contributed by atoms with Gasteiger partial charge in [-0.05, 0) is 67.3 Å². The van der Waals surface area contributed by atoms with Crippen molar-refractivity contribution in [3.05, 3.63) is 58.1 Å². The highest BCUT2D eigenvalue weighted by atomic mass is 35.5. The number of piperidine rings is 1. The summed E-state index contributed by atoms with van der Waals surface area (Å²) in [4.78, 5) is 4.46. The molecular weight excluding hydrogens is 355 g/mol. The van der Waals surface area contributed by atoms with Crippen LogP contribution in [-0.4, -0.2) is 24.2 Å². The molecule has 1 aliphatic rings. The minimum atomic E-state index is -0.676. The number of rotatable bonds is 4. The predicted molar refractivity (Wildman–Crippen MR) is 101 cm³/mol. The molecule has 0 saturated carbocycles. The van der Waals surface area contributed by atoms with Gasteiger partial charge in [0.15, 0.2) is 0 Å². The van der Waals surface area contributed by atoms with Crippen LogP contribution in [0.25, 0.3) is 0 Å². The van der Waals surface area contributed by atoms with Crippen molar-refractivity contribution in [2.45, 2.75) is 42.3 Å². The minimum absolute atomic E-state index is 0.591. The zero-order valence-corrected chi connectivity index (χ0v) is 15.7. The molecule has 0 aliphatic carbocycles. The molecular formula is C20H20ClFN2S. The number of nitrogens with zero attached hydrogens (tertiary/aromatic N) is 2. The molecule has 0 radical (unpaired) electrons. The Labute approximate surface area is 157 Å². The maximum atomic E-state index is 13.4. The number of halogens is 2. The van der Waals surface area contributed by atoms with Crippen LogP contribution in [0.2, 0.25) is 5.02 Å². The summed E-state index contributed by atoms with van der Waals surface area (Å²) in [5.41, 5.74) is 2.89. The van der Waals surface area contributed by atoms with Gasteiger partial charge in [0.2, 0.25) is 0 Å². The fourth-order valence-corrected chi connectivity index (χ4v) is 4.49. The van der Waals surface area contributed by atoms with E-state index in [1.165, 1.54) is 0 Å². The fraction of sp³-hybridized carbons (Fsp3) is 0.350. The first-order valence-corrected chi connectivity index (χ1v) is 9.57. The predicted octanol–water partition coefficient (Wildman–Crippen LogP) is 5.61. The highest BCUT2D eigenvalue weighted by Crippen LogP contribution is 2.34. The molecule has 1 heterocycles. The standard InChI is InChI=1S/C20H20ClFN2S/c1-14-8-17(21)11-19(9-14)25-20-3-2-15(12-23)10-16(20)13-24-6-4-18(22)5-7-24/h2-3,8-11,18H,4-7,13H2,1H3. The van der Waals surface area contributed by atoms with Crippen LogP contribution in [0, 0.1) is 18.3 Å². The van der Waals surface area contributed by atoms with Crippen molar-refractivity contribution in [3.8, 4) is 6.07 Å². The van der Waals surface area contributed by atoms with E-state index in [1.807, 2.05) is 37.3 Å². The van der Waals surface area contributed by atoms with Gasteiger partial charge in [-0.3, -0.25) is 4.90 Å². The molecule has 25 heavy (non-hydrogen) atoms. The summed E-state index contributed by atoms with van der Waals surface area (Å²) in [6, 6.07) is 14.0. The van der Waals surface area contributed by atoms with Gasteiger partial charge in [-0.1, -0.05) is 23.4 Å². The Morgan fingerprint density at radius 2 is 2.00 bits per heavy atom. The lowest BCUT2D eigenvalue weighted by Crippen LogP contribution is -2.34. The van der Waals surface area contributed by atoms with Gasteiger partial charge in [-0.25, -0.2) is 4.39 Å². The zero-order valence-electron chi connectivity index (χ0n) is 14.1. The Morgan fingerprint density at radius 3 is 2.68 bits per heavy atom. The topological polar surface area (TPSA) is 27.0 Å². The monoisotopic (exact) mass is 374 g/mol. The van der Waals surface area contributed by atoms with E-state index in [-0.39, 0.29) is 0 Å². The third kappa shape index (κ3) is 4.98. The molecule has 2 aromatic carbocycles. The molecule has 0 aromatic heterocycles. The molecule has 0 N–H and O–H groups in total. The first kappa shape index (κ1) is 18.3. The van der Waals surface area contributed by atoms with E-state index in [0.717, 1.165) is 45.6 Å². The van der Waals surface area contributed by atoms with Crippen LogP contribution >= 0.6 is 23.4 Å². The van der Waals surface area contributed by atoms with Gasteiger partial charge < -0.3 is 0 Å². The second-order valence-corrected chi connectivity index (χ2v) is 8.00. The molecule has 1 aliphatic heterocycles. The number of alkyl halides is 1. The quantitative estimate of drug-likeness (QED) is 0.696. The lowest BCUT2D eigenvalue weighted by Gasteiger charge is -2.29. The lowest BCUT2D eigenvalue weighted by atomic mass is 10.1. The molecule has 0 spiro atoms. The number of hydrogen-bond donors (Lipinski definition) is 0. The Hall–Kier alpha value is -1.54. The maximum absolute atomic E-state index is 13.4. The summed E-state index contributed by atoms with van der Waals surface area (Å²) in [7, 11) is 0. The number of likely N-dealkylation sites (tertiary alicyclic amines) is 1. The molecule has 2 nitrogen and oxygen atoms in total. The van der Waals surface area contributed by atoms with E-state index in [9.17, 15) is 9.65 Å². The second kappa shape index (κ2) is 8.23. The third-order valence-corrected chi connectivity index (χ3v) is 5.65. The maximum Gasteiger partial charge on any atom is 0.103 e. The van der Waals surface area contributed by atoms with E-state index < -0.39 is 6.17 Å². The number of aryl methyl sites for hydroxylation is 1. The van der Waals surface area contributed by atoms with E-state index in [2.05, 4.69) is 17.0 Å². The summed E-state index contributed by atoms with van der Waals surface area (Å²) < 4.78 is 13.4. The summed E-state index contributed by atoms with van der Waals surface area (Å²) in [6.07, 6.45) is 0.506. The number of benzene rings is 2. The van der Waals surface area contributed by atoms with Crippen molar-refractivity contribution in [1.82, 2.24) is 4.90 Å². The summed E-state index contributed by atoms with van der Waals surface area (Å²) in [6.45, 7) is 4.29. The first-order chi connectivity index (χ1) is 12.0. The molecule has 5 heteroatoms. The van der Waals surface area contributed by atoms with Crippen LogP contribution in [0.15, 0.2) is 46.2 Å². The smallest absolute Gasteiger partial charge is 0.103 e. The van der Waals surface area contributed by atoms with Gasteiger partial charge in [0.05, 0.1) is 11.6 Å². The highest BCUT2D eigenvalue weighted by molar-refractivity contribution is 7.99. The van der Waals surface area contributed by atoms with Crippen molar-refractivity contribution in [3.63, 3.8) is 0 Å². The molecule has 1 fully saturated rings. The van der Waals surface area contributed by atoms with Crippen LogP contribution in [0.1, 0.15) is 29.5 Å². The summed E-state index contributed by atoms with van der Waals surface area (Å²) in [5.74, 6) is 0. The summed E-state index contributed by atoms with van der Waals surface area (Å²) in [5, 5.41) is 9.94. The van der Waals surface area contributed by atoms with Gasteiger partial charge in [-0.2, -0.15) is 5.26 Å². The SMILES string of the molecule is Cc1cc(Cl)cc(Sc2ccc(C#N)cc2CN2CCC(F)CC2)c1. The minimum Gasteiger partial charge on any atom is -0.299 e.